The van der Waals surface area contributed by atoms with Crippen molar-refractivity contribution in [2.24, 2.45) is 0 Å². The van der Waals surface area contributed by atoms with Crippen LogP contribution in [0.3, 0.4) is 0 Å². The Morgan fingerprint density at radius 3 is 2.75 bits per heavy atom. The van der Waals surface area contributed by atoms with E-state index in [9.17, 15) is 13.6 Å². The summed E-state index contributed by atoms with van der Waals surface area (Å²) in [5.41, 5.74) is -0.720. The fourth-order valence-corrected chi connectivity index (χ4v) is 1.33. The first kappa shape index (κ1) is 12.0. The third kappa shape index (κ3) is 2.31. The van der Waals surface area contributed by atoms with Gasteiger partial charge in [0, 0.05) is 6.20 Å². The zero-order valence-corrected chi connectivity index (χ0v) is 8.37. The van der Waals surface area contributed by atoms with Crippen LogP contribution in [-0.2, 0) is 11.2 Å². The molecule has 0 radical (unpaired) electrons. The van der Waals surface area contributed by atoms with E-state index in [0.717, 1.165) is 0 Å². The Morgan fingerprint density at radius 2 is 2.31 bits per heavy atom. The van der Waals surface area contributed by atoms with Gasteiger partial charge in [-0.05, 0) is 12.5 Å². The third-order valence-electron chi connectivity index (χ3n) is 2.04. The summed E-state index contributed by atoms with van der Waals surface area (Å²) < 4.78 is 25.4. The molecule has 0 bridgehead atoms. The fraction of sp³-hybridized carbons (Fsp3) is 0.300. The molecule has 6 heteroatoms. The number of hydrogen-bond donors (Lipinski definition) is 1. The van der Waals surface area contributed by atoms with Crippen molar-refractivity contribution < 1.29 is 18.7 Å². The first-order valence-corrected chi connectivity index (χ1v) is 4.35. The number of hydrogen-bond acceptors (Lipinski definition) is 3. The molecule has 0 aliphatic carbocycles. The predicted molar refractivity (Wildman–Crippen MR) is 50.0 cm³/mol. The highest BCUT2D eigenvalue weighted by Gasteiger charge is 2.22. The van der Waals surface area contributed by atoms with Crippen molar-refractivity contribution in [1.29, 1.82) is 5.26 Å². The Labute approximate surface area is 90.2 Å². The third-order valence-corrected chi connectivity index (χ3v) is 2.04. The standard InChI is InChI=1S/C10H8F2N2O2/c1-5-4-14-7(2-8(15)16)9(10(11)12)6(5)3-13/h4,10H,2H2,1H3,(H,15,16). The Bertz CT molecular complexity index is 467. The number of alkyl halides is 2. The molecule has 0 spiro atoms. The smallest absolute Gasteiger partial charge is 0.309 e. The number of carboxylic acid groups (broad SMARTS) is 1. The minimum absolute atomic E-state index is 0.193. The van der Waals surface area contributed by atoms with E-state index in [2.05, 4.69) is 4.98 Å². The van der Waals surface area contributed by atoms with Gasteiger partial charge in [0.15, 0.2) is 0 Å². The van der Waals surface area contributed by atoms with Gasteiger partial charge < -0.3 is 5.11 Å². The molecule has 0 unspecified atom stereocenters. The van der Waals surface area contributed by atoms with Gasteiger partial charge in [-0.15, -0.1) is 0 Å². The number of carbonyl (C=O) groups is 1. The van der Waals surface area contributed by atoms with Crippen molar-refractivity contribution in [3.8, 4) is 6.07 Å². The number of aliphatic carboxylic acids is 1. The molecule has 0 aliphatic rings. The Kier molecular flexibility index (Phi) is 3.51. The zero-order valence-electron chi connectivity index (χ0n) is 8.37. The van der Waals surface area contributed by atoms with Crippen LogP contribution in [0.25, 0.3) is 0 Å². The summed E-state index contributed by atoms with van der Waals surface area (Å²) in [5.74, 6) is -1.26. The molecule has 0 saturated heterocycles. The molecule has 4 nitrogen and oxygen atoms in total. The highest BCUT2D eigenvalue weighted by atomic mass is 19.3. The van der Waals surface area contributed by atoms with Gasteiger partial charge in [0.25, 0.3) is 6.43 Å². The van der Waals surface area contributed by atoms with E-state index in [4.69, 9.17) is 10.4 Å². The molecule has 0 amide bonds. The second-order valence-electron chi connectivity index (χ2n) is 3.16. The molecule has 0 saturated carbocycles. The SMILES string of the molecule is Cc1cnc(CC(=O)O)c(C(F)F)c1C#N. The number of halogens is 2. The maximum absolute atomic E-state index is 12.7. The molecule has 1 rings (SSSR count). The second-order valence-corrected chi connectivity index (χ2v) is 3.16. The van der Waals surface area contributed by atoms with E-state index in [-0.39, 0.29) is 11.3 Å². The van der Waals surface area contributed by atoms with Gasteiger partial charge in [0.1, 0.15) is 6.07 Å². The normalized spacial score (nSPS) is 10.2. The predicted octanol–water partition coefficient (Wildman–Crippen LogP) is 1.83. The Hall–Kier alpha value is -2.03. The second kappa shape index (κ2) is 4.66. The fourth-order valence-electron chi connectivity index (χ4n) is 1.33. The van der Waals surface area contributed by atoms with Gasteiger partial charge >= 0.3 is 5.97 Å². The number of rotatable bonds is 3. The van der Waals surface area contributed by atoms with Crippen LogP contribution < -0.4 is 0 Å². The summed E-state index contributed by atoms with van der Waals surface area (Å²) in [4.78, 5) is 14.1. The number of nitriles is 1. The van der Waals surface area contributed by atoms with Gasteiger partial charge in [-0.1, -0.05) is 0 Å². The van der Waals surface area contributed by atoms with Crippen molar-refractivity contribution in [3.05, 3.63) is 28.6 Å². The lowest BCUT2D eigenvalue weighted by molar-refractivity contribution is -0.136. The molecule has 1 heterocycles. The van der Waals surface area contributed by atoms with E-state index < -0.39 is 24.4 Å². The van der Waals surface area contributed by atoms with Crippen molar-refractivity contribution in [2.45, 2.75) is 19.8 Å². The van der Waals surface area contributed by atoms with Gasteiger partial charge in [-0.3, -0.25) is 9.78 Å². The van der Waals surface area contributed by atoms with Gasteiger partial charge in [0.05, 0.1) is 23.2 Å². The van der Waals surface area contributed by atoms with Crippen molar-refractivity contribution in [2.75, 3.05) is 0 Å². The lowest BCUT2D eigenvalue weighted by Gasteiger charge is -2.09. The molecule has 16 heavy (non-hydrogen) atoms. The van der Waals surface area contributed by atoms with Gasteiger partial charge in [-0.2, -0.15) is 5.26 Å². The van der Waals surface area contributed by atoms with E-state index in [1.165, 1.54) is 13.1 Å². The average molecular weight is 226 g/mol. The van der Waals surface area contributed by atoms with Crippen LogP contribution in [0, 0.1) is 18.3 Å². The maximum Gasteiger partial charge on any atom is 0.309 e. The highest BCUT2D eigenvalue weighted by molar-refractivity contribution is 5.70. The lowest BCUT2D eigenvalue weighted by atomic mass is 10.0. The van der Waals surface area contributed by atoms with Gasteiger partial charge in [0.2, 0.25) is 0 Å². The minimum Gasteiger partial charge on any atom is -0.481 e. The Morgan fingerprint density at radius 1 is 1.69 bits per heavy atom. The molecule has 1 N–H and O–H groups in total. The summed E-state index contributed by atoms with van der Waals surface area (Å²) >= 11 is 0. The molecule has 0 fully saturated rings. The first-order valence-electron chi connectivity index (χ1n) is 4.35. The number of aryl methyl sites for hydroxylation is 1. The van der Waals surface area contributed by atoms with E-state index in [1.807, 2.05) is 0 Å². The molecule has 84 valence electrons. The highest BCUT2D eigenvalue weighted by Crippen LogP contribution is 2.27. The van der Waals surface area contributed by atoms with Crippen LogP contribution >= 0.6 is 0 Å². The van der Waals surface area contributed by atoms with Crippen LogP contribution in [0.2, 0.25) is 0 Å². The van der Waals surface area contributed by atoms with Crippen molar-refractivity contribution in [1.82, 2.24) is 4.98 Å². The zero-order chi connectivity index (χ0) is 12.3. The molecular weight excluding hydrogens is 218 g/mol. The molecule has 0 aliphatic heterocycles. The van der Waals surface area contributed by atoms with Crippen LogP contribution in [0.5, 0.6) is 0 Å². The molecule has 0 atom stereocenters. The average Bonchev–Trinajstić information content (AvgIpc) is 2.18. The van der Waals surface area contributed by atoms with E-state index >= 15 is 0 Å². The van der Waals surface area contributed by atoms with Crippen molar-refractivity contribution in [3.63, 3.8) is 0 Å². The molecular formula is C10H8F2N2O2. The van der Waals surface area contributed by atoms with Crippen molar-refractivity contribution >= 4 is 5.97 Å². The lowest BCUT2D eigenvalue weighted by Crippen LogP contribution is -2.09. The van der Waals surface area contributed by atoms with Crippen LogP contribution in [0.4, 0.5) is 8.78 Å². The summed E-state index contributed by atoms with van der Waals surface area (Å²) in [5, 5.41) is 17.3. The van der Waals surface area contributed by atoms with Gasteiger partial charge in [-0.25, -0.2) is 8.78 Å². The van der Waals surface area contributed by atoms with Crippen LogP contribution in [0.15, 0.2) is 6.20 Å². The number of carboxylic acids is 1. The summed E-state index contributed by atoms with van der Waals surface area (Å²) in [6, 6.07) is 1.65. The van der Waals surface area contributed by atoms with Crippen LogP contribution in [-0.4, -0.2) is 16.1 Å². The molecule has 1 aromatic rings. The number of pyridine rings is 1. The first-order chi connectivity index (χ1) is 7.47. The number of aromatic nitrogens is 1. The van der Waals surface area contributed by atoms with E-state index in [0.29, 0.717) is 5.56 Å². The topological polar surface area (TPSA) is 74.0 Å². The summed E-state index contributed by atoms with van der Waals surface area (Å²) in [7, 11) is 0. The minimum atomic E-state index is -2.91. The van der Waals surface area contributed by atoms with E-state index in [1.54, 1.807) is 6.07 Å². The molecule has 0 aromatic carbocycles. The summed E-state index contributed by atoms with van der Waals surface area (Å²) in [6.07, 6.45) is -2.30. The largest absolute Gasteiger partial charge is 0.481 e. The Balaban J connectivity index is 3.40. The van der Waals surface area contributed by atoms with Crippen LogP contribution in [0.1, 0.15) is 28.8 Å². The molecule has 1 aromatic heterocycles. The monoisotopic (exact) mass is 226 g/mol. The quantitative estimate of drug-likeness (QED) is 0.853. The summed E-state index contributed by atoms with van der Waals surface area (Å²) in [6.45, 7) is 1.47. The maximum atomic E-state index is 12.7. The number of nitrogens with zero attached hydrogens (tertiary/aromatic N) is 2.